The molecule has 0 atom stereocenters. The van der Waals surface area contributed by atoms with Gasteiger partial charge in [-0.2, -0.15) is 18.2 Å². The molecule has 1 heterocycles. The number of rotatable bonds is 7. The van der Waals surface area contributed by atoms with Crippen LogP contribution in [0.3, 0.4) is 0 Å². The first-order chi connectivity index (χ1) is 15.2. The lowest BCUT2D eigenvalue weighted by Gasteiger charge is -2.30. The molecule has 1 aromatic carbocycles. The second kappa shape index (κ2) is 10.1. The van der Waals surface area contributed by atoms with Crippen molar-refractivity contribution >= 4 is 11.8 Å². The third kappa shape index (κ3) is 6.30. The molecule has 0 saturated heterocycles. The molecule has 10 heteroatoms. The van der Waals surface area contributed by atoms with Gasteiger partial charge in [0.05, 0.1) is 5.56 Å². The van der Waals surface area contributed by atoms with Crippen LogP contribution in [0.4, 0.5) is 13.2 Å². The van der Waals surface area contributed by atoms with E-state index in [4.69, 9.17) is 4.52 Å². The van der Waals surface area contributed by atoms with Gasteiger partial charge in [0.1, 0.15) is 5.54 Å². The van der Waals surface area contributed by atoms with E-state index in [-0.39, 0.29) is 37.1 Å². The average Bonchev–Trinajstić information content (AvgIpc) is 3.10. The van der Waals surface area contributed by atoms with Gasteiger partial charge in [0.25, 0.3) is 0 Å². The summed E-state index contributed by atoms with van der Waals surface area (Å²) in [7, 11) is 0. The highest BCUT2D eigenvalue weighted by Gasteiger charge is 2.38. The van der Waals surface area contributed by atoms with Crippen LogP contribution in [-0.2, 0) is 34.3 Å². The number of aromatic nitrogens is 2. The minimum Gasteiger partial charge on any atom is -0.352 e. The normalized spacial score (nSPS) is 16.2. The summed E-state index contributed by atoms with van der Waals surface area (Å²) >= 11 is 0. The zero-order valence-electron chi connectivity index (χ0n) is 17.9. The number of hydrogen-bond acceptors (Lipinski definition) is 5. The Balaban J connectivity index is 1.56. The van der Waals surface area contributed by atoms with E-state index in [9.17, 15) is 22.8 Å². The van der Waals surface area contributed by atoms with Crippen molar-refractivity contribution in [1.29, 1.82) is 0 Å². The molecule has 1 fully saturated rings. The van der Waals surface area contributed by atoms with Gasteiger partial charge in [-0.25, -0.2) is 0 Å². The molecular weight excluding hydrogens is 425 g/mol. The quantitative estimate of drug-likeness (QED) is 0.619. The number of aryl methyl sites for hydroxylation is 1. The number of halogens is 3. The van der Waals surface area contributed by atoms with Gasteiger partial charge >= 0.3 is 6.18 Å². The molecule has 0 aliphatic heterocycles. The molecule has 2 aromatic rings. The summed E-state index contributed by atoms with van der Waals surface area (Å²) in [6.45, 7) is 1.45. The second-order valence-electron chi connectivity index (χ2n) is 8.16. The Morgan fingerprint density at radius 2 is 1.88 bits per heavy atom. The lowest BCUT2D eigenvalue weighted by atomic mass is 9.89. The molecule has 0 bridgehead atoms. The van der Waals surface area contributed by atoms with Crippen molar-refractivity contribution in [3.8, 4) is 0 Å². The van der Waals surface area contributed by atoms with Gasteiger partial charge in [-0.15, -0.1) is 0 Å². The van der Waals surface area contributed by atoms with E-state index in [1.807, 2.05) is 0 Å². The first kappa shape index (κ1) is 23.7. The van der Waals surface area contributed by atoms with E-state index >= 15 is 0 Å². The number of hydrogen-bond donors (Lipinski definition) is 2. The highest BCUT2D eigenvalue weighted by atomic mass is 19.4. The maximum atomic E-state index is 12.8. The van der Waals surface area contributed by atoms with Crippen molar-refractivity contribution in [2.45, 2.75) is 76.6 Å². The maximum Gasteiger partial charge on any atom is 0.416 e. The van der Waals surface area contributed by atoms with Crippen LogP contribution in [0, 0.1) is 0 Å². The summed E-state index contributed by atoms with van der Waals surface area (Å²) < 4.78 is 43.7. The molecular formula is C22H27F3N4O3. The summed E-state index contributed by atoms with van der Waals surface area (Å²) in [4.78, 5) is 28.4. The lowest BCUT2D eigenvalue weighted by molar-refractivity contribution is -0.137. The Hall–Kier alpha value is -2.91. The van der Waals surface area contributed by atoms with Gasteiger partial charge in [-0.1, -0.05) is 43.0 Å². The van der Waals surface area contributed by atoms with E-state index in [0.717, 1.165) is 50.7 Å². The van der Waals surface area contributed by atoms with E-state index in [1.54, 1.807) is 0 Å². The van der Waals surface area contributed by atoms with Gasteiger partial charge in [-0.3, -0.25) is 9.59 Å². The highest BCUT2D eigenvalue weighted by molar-refractivity contribution is 5.76. The smallest absolute Gasteiger partial charge is 0.352 e. The van der Waals surface area contributed by atoms with Crippen molar-refractivity contribution in [3.63, 3.8) is 0 Å². The largest absolute Gasteiger partial charge is 0.416 e. The molecule has 0 unspecified atom stereocenters. The number of nitrogens with one attached hydrogen (secondary N) is 2. The van der Waals surface area contributed by atoms with Crippen LogP contribution in [0.25, 0.3) is 0 Å². The van der Waals surface area contributed by atoms with E-state index < -0.39 is 17.3 Å². The van der Waals surface area contributed by atoms with Crippen molar-refractivity contribution < 1.29 is 27.3 Å². The number of nitrogens with zero attached hydrogens (tertiary/aromatic N) is 2. The molecule has 1 saturated carbocycles. The predicted octanol–water partition coefficient (Wildman–Crippen LogP) is 4.02. The van der Waals surface area contributed by atoms with E-state index in [2.05, 4.69) is 20.8 Å². The Morgan fingerprint density at radius 1 is 1.16 bits per heavy atom. The van der Waals surface area contributed by atoms with Gasteiger partial charge in [-0.05, 0) is 30.5 Å². The third-order valence-electron chi connectivity index (χ3n) is 5.58. The average molecular weight is 452 g/mol. The molecule has 32 heavy (non-hydrogen) atoms. The van der Waals surface area contributed by atoms with E-state index in [1.165, 1.54) is 19.1 Å². The second-order valence-corrected chi connectivity index (χ2v) is 8.16. The van der Waals surface area contributed by atoms with Crippen molar-refractivity contribution in [1.82, 2.24) is 20.8 Å². The van der Waals surface area contributed by atoms with Crippen LogP contribution in [0.15, 0.2) is 28.8 Å². The van der Waals surface area contributed by atoms with E-state index in [0.29, 0.717) is 11.4 Å². The molecule has 1 aliphatic carbocycles. The topological polar surface area (TPSA) is 97.1 Å². The van der Waals surface area contributed by atoms with Crippen molar-refractivity contribution in [2.24, 2.45) is 0 Å². The number of alkyl halides is 3. The fourth-order valence-electron chi connectivity index (χ4n) is 3.99. The Kier molecular flexibility index (Phi) is 7.52. The van der Waals surface area contributed by atoms with Gasteiger partial charge in [0, 0.05) is 26.3 Å². The van der Waals surface area contributed by atoms with Gasteiger partial charge < -0.3 is 15.2 Å². The highest BCUT2D eigenvalue weighted by Crippen LogP contribution is 2.34. The minimum absolute atomic E-state index is 0.0104. The zero-order valence-corrected chi connectivity index (χ0v) is 17.9. The van der Waals surface area contributed by atoms with Gasteiger partial charge in [0.2, 0.25) is 17.7 Å². The summed E-state index contributed by atoms with van der Waals surface area (Å²) in [6.07, 6.45) is 1.32. The predicted molar refractivity (Wildman–Crippen MR) is 109 cm³/mol. The summed E-state index contributed by atoms with van der Waals surface area (Å²) in [5.41, 5.74) is -1.05. The Labute approximate surface area is 184 Å². The minimum atomic E-state index is -4.43. The Bertz CT molecular complexity index is 934. The summed E-state index contributed by atoms with van der Waals surface area (Å²) in [5, 5.41) is 9.68. The fraction of sp³-hybridized carbons (Fsp3) is 0.545. The van der Waals surface area contributed by atoms with Crippen LogP contribution in [0.2, 0.25) is 0 Å². The molecule has 1 aromatic heterocycles. The summed E-state index contributed by atoms with van der Waals surface area (Å²) in [6, 6.07) is 4.83. The molecule has 0 radical (unpaired) electrons. The lowest BCUT2D eigenvalue weighted by Crippen LogP contribution is -2.45. The number of benzene rings is 1. The van der Waals surface area contributed by atoms with Gasteiger partial charge in [0.15, 0.2) is 5.82 Å². The van der Waals surface area contributed by atoms with Crippen molar-refractivity contribution in [3.05, 3.63) is 47.1 Å². The molecule has 2 amide bonds. The third-order valence-corrected chi connectivity index (χ3v) is 5.58. The molecule has 3 rings (SSSR count). The molecule has 0 spiro atoms. The van der Waals surface area contributed by atoms with Crippen LogP contribution in [0.1, 0.15) is 74.7 Å². The van der Waals surface area contributed by atoms with Crippen LogP contribution < -0.4 is 10.6 Å². The first-order valence-corrected chi connectivity index (χ1v) is 10.7. The van der Waals surface area contributed by atoms with Crippen LogP contribution in [-0.4, -0.2) is 22.0 Å². The zero-order chi connectivity index (χ0) is 23.2. The molecule has 7 nitrogen and oxygen atoms in total. The maximum absolute atomic E-state index is 12.8. The fourth-order valence-corrected chi connectivity index (χ4v) is 3.99. The van der Waals surface area contributed by atoms with Crippen LogP contribution >= 0.6 is 0 Å². The summed E-state index contributed by atoms with van der Waals surface area (Å²) in [5.74, 6) is 0.206. The molecule has 174 valence electrons. The molecule has 2 N–H and O–H groups in total. The standard InChI is InChI=1S/C22H27F3N4O3/c1-15(30)28-21(11-4-2-3-5-12-21)20-27-19(32-29-20)10-9-18(31)26-14-16-7-6-8-17(13-16)22(23,24)25/h6-8,13H,2-5,9-12,14H2,1H3,(H,26,31)(H,28,30). The first-order valence-electron chi connectivity index (χ1n) is 10.7. The SMILES string of the molecule is CC(=O)NC1(c2noc(CCC(=O)NCc3cccc(C(F)(F)F)c3)n2)CCCCCC1. The Morgan fingerprint density at radius 3 is 2.53 bits per heavy atom. The monoisotopic (exact) mass is 452 g/mol. The van der Waals surface area contributed by atoms with Crippen molar-refractivity contribution in [2.75, 3.05) is 0 Å². The number of carbonyl (C=O) groups is 2. The number of carbonyl (C=O) groups excluding carboxylic acids is 2. The number of amides is 2. The molecule has 1 aliphatic rings. The van der Waals surface area contributed by atoms with Crippen LogP contribution in [0.5, 0.6) is 0 Å².